The zero-order valence-electron chi connectivity index (χ0n) is 9.11. The number of rotatable bonds is 4. The van der Waals surface area contributed by atoms with Crippen molar-refractivity contribution < 1.29 is 14.7 Å². The Morgan fingerprint density at radius 2 is 2.12 bits per heavy atom. The second-order valence-corrected chi connectivity index (χ2v) is 4.60. The lowest BCUT2D eigenvalue weighted by atomic mass is 10.2. The number of hydrogen-bond acceptors (Lipinski definition) is 2. The summed E-state index contributed by atoms with van der Waals surface area (Å²) in [6.45, 7) is 1.76. The number of halogens is 2. The second kappa shape index (κ2) is 6.02. The van der Waals surface area contributed by atoms with E-state index in [9.17, 15) is 9.59 Å². The molecule has 0 fully saturated rings. The van der Waals surface area contributed by atoms with Gasteiger partial charge in [-0.05, 0) is 41.1 Å². The molecule has 0 radical (unpaired) electrons. The Bertz CT molecular complexity index is 450. The van der Waals surface area contributed by atoms with Crippen LogP contribution in [0.3, 0.4) is 0 Å². The minimum Gasteiger partial charge on any atom is -0.480 e. The number of benzene rings is 1. The molecule has 1 aromatic carbocycles. The Kier molecular flexibility index (Phi) is 4.96. The molecule has 92 valence electrons. The lowest BCUT2D eigenvalue weighted by Crippen LogP contribution is -2.35. The van der Waals surface area contributed by atoms with Crippen LogP contribution in [0.5, 0.6) is 0 Å². The molecular weight excluding hydrogens is 309 g/mol. The van der Waals surface area contributed by atoms with E-state index in [2.05, 4.69) is 15.9 Å². The van der Waals surface area contributed by atoms with Crippen molar-refractivity contribution in [3.63, 3.8) is 0 Å². The summed E-state index contributed by atoms with van der Waals surface area (Å²) in [5, 5.41) is 9.19. The minimum atomic E-state index is -1.03. The molecule has 1 rings (SSSR count). The number of aliphatic carboxylic acids is 1. The summed E-state index contributed by atoms with van der Waals surface area (Å²) in [6, 6.07) is 4.74. The van der Waals surface area contributed by atoms with Crippen molar-refractivity contribution in [1.29, 1.82) is 0 Å². The van der Waals surface area contributed by atoms with E-state index in [1.165, 1.54) is 4.90 Å². The Labute approximate surface area is 112 Å². The van der Waals surface area contributed by atoms with Crippen LogP contribution in [0.4, 0.5) is 0 Å². The summed E-state index contributed by atoms with van der Waals surface area (Å²) in [5.74, 6) is -1.36. The highest BCUT2D eigenvalue weighted by Gasteiger charge is 2.17. The number of carbonyl (C=O) groups is 2. The van der Waals surface area contributed by atoms with Gasteiger partial charge in [-0.3, -0.25) is 9.59 Å². The highest BCUT2D eigenvalue weighted by atomic mass is 79.9. The number of carboxylic acid groups (broad SMARTS) is 1. The van der Waals surface area contributed by atoms with Crippen LogP contribution in [0, 0.1) is 0 Å². The fraction of sp³-hybridized carbons (Fsp3) is 0.273. The van der Waals surface area contributed by atoms with Crippen molar-refractivity contribution >= 4 is 39.4 Å². The second-order valence-electron chi connectivity index (χ2n) is 3.34. The minimum absolute atomic E-state index is 0.310. The quantitative estimate of drug-likeness (QED) is 0.928. The van der Waals surface area contributed by atoms with Crippen molar-refractivity contribution in [2.75, 3.05) is 13.1 Å². The normalized spacial score (nSPS) is 10.1. The predicted molar refractivity (Wildman–Crippen MR) is 68.4 cm³/mol. The molecule has 1 N–H and O–H groups in total. The summed E-state index contributed by atoms with van der Waals surface area (Å²) < 4.78 is 0.608. The summed E-state index contributed by atoms with van der Waals surface area (Å²) >= 11 is 9.03. The lowest BCUT2D eigenvalue weighted by molar-refractivity contribution is -0.137. The van der Waals surface area contributed by atoms with E-state index < -0.39 is 5.97 Å². The van der Waals surface area contributed by atoms with Gasteiger partial charge in [0.05, 0.1) is 5.02 Å². The van der Waals surface area contributed by atoms with Gasteiger partial charge in [-0.2, -0.15) is 0 Å². The molecule has 1 aromatic rings. The Morgan fingerprint density at radius 3 is 2.59 bits per heavy atom. The van der Waals surface area contributed by atoms with E-state index in [0.29, 0.717) is 21.6 Å². The average Bonchev–Trinajstić information content (AvgIpc) is 2.28. The maximum absolute atomic E-state index is 12.0. The fourth-order valence-corrected chi connectivity index (χ4v) is 1.80. The van der Waals surface area contributed by atoms with E-state index in [1.807, 2.05) is 0 Å². The molecule has 0 aliphatic rings. The third kappa shape index (κ3) is 3.71. The van der Waals surface area contributed by atoms with Gasteiger partial charge in [0.15, 0.2) is 0 Å². The molecule has 0 aliphatic heterocycles. The van der Waals surface area contributed by atoms with E-state index >= 15 is 0 Å². The first kappa shape index (κ1) is 14.0. The maximum Gasteiger partial charge on any atom is 0.323 e. The molecular formula is C11H11BrClNO3. The number of amides is 1. The van der Waals surface area contributed by atoms with E-state index in [0.717, 1.165) is 0 Å². The van der Waals surface area contributed by atoms with Gasteiger partial charge in [0.2, 0.25) is 0 Å². The van der Waals surface area contributed by atoms with Gasteiger partial charge in [-0.25, -0.2) is 0 Å². The van der Waals surface area contributed by atoms with Crippen LogP contribution in [-0.4, -0.2) is 35.0 Å². The molecule has 0 heterocycles. The molecule has 0 saturated carbocycles. The molecule has 0 bridgehead atoms. The topological polar surface area (TPSA) is 57.6 Å². The third-order valence-electron chi connectivity index (χ3n) is 2.16. The van der Waals surface area contributed by atoms with E-state index in [-0.39, 0.29) is 12.5 Å². The van der Waals surface area contributed by atoms with Crippen LogP contribution in [0.25, 0.3) is 0 Å². The maximum atomic E-state index is 12.0. The number of nitrogens with zero attached hydrogens (tertiary/aromatic N) is 1. The molecule has 1 amide bonds. The van der Waals surface area contributed by atoms with Gasteiger partial charge in [-0.15, -0.1) is 0 Å². The molecule has 0 saturated heterocycles. The van der Waals surface area contributed by atoms with Gasteiger partial charge < -0.3 is 10.0 Å². The molecule has 0 unspecified atom stereocenters. The SMILES string of the molecule is CCN(CC(=O)O)C(=O)c1ccc(Cl)c(Br)c1. The van der Waals surface area contributed by atoms with Crippen molar-refractivity contribution in [1.82, 2.24) is 4.90 Å². The number of hydrogen-bond donors (Lipinski definition) is 1. The van der Waals surface area contributed by atoms with Crippen LogP contribution >= 0.6 is 27.5 Å². The lowest BCUT2D eigenvalue weighted by Gasteiger charge is -2.18. The smallest absolute Gasteiger partial charge is 0.323 e. The van der Waals surface area contributed by atoms with Crippen molar-refractivity contribution in [3.05, 3.63) is 33.3 Å². The largest absolute Gasteiger partial charge is 0.480 e. The summed E-state index contributed by atoms with van der Waals surface area (Å²) in [4.78, 5) is 23.8. The molecule has 0 spiro atoms. The standard InChI is InChI=1S/C11H11BrClNO3/c1-2-14(6-10(15)16)11(17)7-3-4-9(13)8(12)5-7/h3-5H,2,6H2,1H3,(H,15,16). The Balaban J connectivity index is 2.93. The molecule has 0 aliphatic carbocycles. The first-order valence-electron chi connectivity index (χ1n) is 4.91. The van der Waals surface area contributed by atoms with Crippen LogP contribution in [0.15, 0.2) is 22.7 Å². The monoisotopic (exact) mass is 319 g/mol. The Morgan fingerprint density at radius 1 is 1.47 bits per heavy atom. The zero-order chi connectivity index (χ0) is 13.0. The average molecular weight is 321 g/mol. The molecule has 0 atom stereocenters. The van der Waals surface area contributed by atoms with Crippen LogP contribution < -0.4 is 0 Å². The number of carboxylic acids is 1. The highest BCUT2D eigenvalue weighted by molar-refractivity contribution is 9.10. The molecule has 0 aromatic heterocycles. The first-order chi connectivity index (χ1) is 7.95. The number of likely N-dealkylation sites (N-methyl/N-ethyl adjacent to an activating group) is 1. The van der Waals surface area contributed by atoms with Gasteiger partial charge in [0.25, 0.3) is 5.91 Å². The molecule has 17 heavy (non-hydrogen) atoms. The fourth-order valence-electron chi connectivity index (χ4n) is 1.30. The number of carbonyl (C=O) groups excluding carboxylic acids is 1. The van der Waals surface area contributed by atoms with Gasteiger partial charge in [0, 0.05) is 16.6 Å². The predicted octanol–water partition coefficient (Wildman–Crippen LogP) is 2.65. The van der Waals surface area contributed by atoms with Gasteiger partial charge >= 0.3 is 5.97 Å². The van der Waals surface area contributed by atoms with Crippen molar-refractivity contribution in [2.45, 2.75) is 6.92 Å². The van der Waals surface area contributed by atoms with Gasteiger partial charge in [-0.1, -0.05) is 11.6 Å². The highest BCUT2D eigenvalue weighted by Crippen LogP contribution is 2.23. The van der Waals surface area contributed by atoms with E-state index in [4.69, 9.17) is 16.7 Å². The van der Waals surface area contributed by atoms with E-state index in [1.54, 1.807) is 25.1 Å². The third-order valence-corrected chi connectivity index (χ3v) is 3.38. The summed E-state index contributed by atoms with van der Waals surface area (Å²) in [5.41, 5.74) is 0.407. The van der Waals surface area contributed by atoms with Gasteiger partial charge in [0.1, 0.15) is 6.54 Å². The summed E-state index contributed by atoms with van der Waals surface area (Å²) in [6.07, 6.45) is 0. The van der Waals surface area contributed by atoms with Crippen LogP contribution in [0.2, 0.25) is 5.02 Å². The first-order valence-corrected chi connectivity index (χ1v) is 6.09. The van der Waals surface area contributed by atoms with Crippen molar-refractivity contribution in [3.8, 4) is 0 Å². The summed E-state index contributed by atoms with van der Waals surface area (Å²) in [7, 11) is 0. The zero-order valence-corrected chi connectivity index (χ0v) is 11.5. The Hall–Kier alpha value is -1.07. The van der Waals surface area contributed by atoms with Crippen LogP contribution in [-0.2, 0) is 4.79 Å². The molecule has 4 nitrogen and oxygen atoms in total. The molecule has 6 heteroatoms. The van der Waals surface area contributed by atoms with Crippen molar-refractivity contribution in [2.24, 2.45) is 0 Å². The van der Waals surface area contributed by atoms with Crippen LogP contribution in [0.1, 0.15) is 17.3 Å².